The molecular weight excluding hydrogens is 362 g/mol. The normalized spacial score (nSPS) is 18.3. The summed E-state index contributed by atoms with van der Waals surface area (Å²) in [5.74, 6) is 0.775. The van der Waals surface area contributed by atoms with Crippen LogP contribution in [0.25, 0.3) is 0 Å². The maximum atomic E-state index is 6.17. The zero-order valence-corrected chi connectivity index (χ0v) is 16.9. The third kappa shape index (κ3) is 4.89. The van der Waals surface area contributed by atoms with Gasteiger partial charge in [0, 0.05) is 18.8 Å². The molecule has 1 aliphatic rings. The minimum Gasteiger partial charge on any atom is -0.371 e. The lowest BCUT2D eigenvalue weighted by atomic mass is 9.99. The number of thiocarbonyl (C=S) groups is 1. The standard InChI is InChI=1S/C21H26ClN3S/c1-15-6-5-13-25(14-15)18-11-9-17(10-12-18)16(2)23-21(26)24-20-8-4-3-7-19(20)22/h3-4,7-12,15-16H,5-6,13-14H2,1-2H3,(H2,23,24,26). The second-order valence-corrected chi connectivity index (χ2v) is 7.90. The number of nitrogens with one attached hydrogen (secondary N) is 2. The highest BCUT2D eigenvalue weighted by atomic mass is 35.5. The van der Waals surface area contributed by atoms with E-state index in [0.29, 0.717) is 10.1 Å². The zero-order chi connectivity index (χ0) is 18.5. The van der Waals surface area contributed by atoms with E-state index in [0.717, 1.165) is 24.7 Å². The van der Waals surface area contributed by atoms with E-state index in [1.807, 2.05) is 24.3 Å². The van der Waals surface area contributed by atoms with Gasteiger partial charge in [-0.3, -0.25) is 0 Å². The van der Waals surface area contributed by atoms with E-state index in [4.69, 9.17) is 23.8 Å². The molecule has 2 aromatic rings. The minimum atomic E-state index is 0.117. The topological polar surface area (TPSA) is 27.3 Å². The van der Waals surface area contributed by atoms with Crippen molar-refractivity contribution in [3.8, 4) is 0 Å². The molecule has 1 heterocycles. The molecule has 2 aromatic carbocycles. The Bertz CT molecular complexity index is 747. The van der Waals surface area contributed by atoms with E-state index in [1.165, 1.54) is 24.1 Å². The third-order valence-corrected chi connectivity index (χ3v) is 5.43. The molecule has 3 rings (SSSR count). The van der Waals surface area contributed by atoms with Crippen LogP contribution in [0.4, 0.5) is 11.4 Å². The molecule has 0 spiro atoms. The number of para-hydroxylation sites is 1. The fraction of sp³-hybridized carbons (Fsp3) is 0.381. The molecule has 138 valence electrons. The molecule has 0 radical (unpaired) electrons. The van der Waals surface area contributed by atoms with Crippen LogP contribution in [0.3, 0.4) is 0 Å². The smallest absolute Gasteiger partial charge is 0.171 e. The van der Waals surface area contributed by atoms with Gasteiger partial charge in [-0.05, 0) is 67.7 Å². The molecule has 26 heavy (non-hydrogen) atoms. The Hall–Kier alpha value is -1.78. The highest BCUT2D eigenvalue weighted by Gasteiger charge is 2.17. The molecule has 3 nitrogen and oxygen atoms in total. The average molecular weight is 388 g/mol. The molecule has 1 fully saturated rings. The third-order valence-electron chi connectivity index (χ3n) is 4.88. The van der Waals surface area contributed by atoms with Gasteiger partial charge in [-0.1, -0.05) is 42.8 Å². The molecule has 2 unspecified atom stereocenters. The highest BCUT2D eigenvalue weighted by Crippen LogP contribution is 2.25. The Labute approximate surface area is 166 Å². The van der Waals surface area contributed by atoms with E-state index in [2.05, 4.69) is 53.6 Å². The number of nitrogens with zero attached hydrogens (tertiary/aromatic N) is 1. The summed E-state index contributed by atoms with van der Waals surface area (Å²) in [6, 6.07) is 16.5. The minimum absolute atomic E-state index is 0.117. The highest BCUT2D eigenvalue weighted by molar-refractivity contribution is 7.80. The van der Waals surface area contributed by atoms with Gasteiger partial charge in [-0.25, -0.2) is 0 Å². The number of hydrogen-bond acceptors (Lipinski definition) is 2. The fourth-order valence-corrected chi connectivity index (χ4v) is 3.87. The summed E-state index contributed by atoms with van der Waals surface area (Å²) < 4.78 is 0. The lowest BCUT2D eigenvalue weighted by Gasteiger charge is -2.33. The molecule has 5 heteroatoms. The predicted octanol–water partition coefficient (Wildman–Crippen LogP) is 5.62. The Balaban J connectivity index is 1.58. The van der Waals surface area contributed by atoms with Crippen molar-refractivity contribution < 1.29 is 0 Å². The number of halogens is 1. The van der Waals surface area contributed by atoms with E-state index in [-0.39, 0.29) is 6.04 Å². The first-order valence-electron chi connectivity index (χ1n) is 9.20. The van der Waals surface area contributed by atoms with Crippen LogP contribution in [0.15, 0.2) is 48.5 Å². The Morgan fingerprint density at radius 2 is 1.92 bits per heavy atom. The lowest BCUT2D eigenvalue weighted by Crippen LogP contribution is -2.34. The summed E-state index contributed by atoms with van der Waals surface area (Å²) >= 11 is 11.6. The maximum Gasteiger partial charge on any atom is 0.171 e. The summed E-state index contributed by atoms with van der Waals surface area (Å²) in [6.07, 6.45) is 2.62. The van der Waals surface area contributed by atoms with Crippen LogP contribution in [0.1, 0.15) is 38.3 Å². The molecule has 0 saturated carbocycles. The van der Waals surface area contributed by atoms with Crippen LogP contribution in [0.2, 0.25) is 5.02 Å². The zero-order valence-electron chi connectivity index (χ0n) is 15.3. The lowest BCUT2D eigenvalue weighted by molar-refractivity contribution is 0.447. The molecule has 0 aromatic heterocycles. The summed E-state index contributed by atoms with van der Waals surface area (Å²) in [4.78, 5) is 2.49. The number of anilines is 2. The monoisotopic (exact) mass is 387 g/mol. The van der Waals surface area contributed by atoms with Crippen LogP contribution in [0, 0.1) is 5.92 Å². The van der Waals surface area contributed by atoms with Crippen molar-refractivity contribution >= 4 is 40.3 Å². The fourth-order valence-electron chi connectivity index (χ4n) is 3.40. The van der Waals surface area contributed by atoms with Gasteiger partial charge in [0.15, 0.2) is 5.11 Å². The molecule has 2 N–H and O–H groups in total. The molecular formula is C21H26ClN3S. The van der Waals surface area contributed by atoms with Crippen molar-refractivity contribution in [3.63, 3.8) is 0 Å². The van der Waals surface area contributed by atoms with Crippen molar-refractivity contribution in [1.82, 2.24) is 5.32 Å². The van der Waals surface area contributed by atoms with E-state index < -0.39 is 0 Å². The molecule has 0 amide bonds. The summed E-state index contributed by atoms with van der Waals surface area (Å²) in [6.45, 7) is 6.75. The van der Waals surface area contributed by atoms with Gasteiger partial charge in [0.1, 0.15) is 0 Å². The SMILES string of the molecule is CC1CCCN(c2ccc(C(C)NC(=S)Nc3ccccc3Cl)cc2)C1. The van der Waals surface area contributed by atoms with Gasteiger partial charge in [-0.2, -0.15) is 0 Å². The van der Waals surface area contributed by atoms with E-state index in [1.54, 1.807) is 0 Å². The Morgan fingerprint density at radius 3 is 2.62 bits per heavy atom. The quantitative estimate of drug-likeness (QED) is 0.665. The molecule has 0 aliphatic carbocycles. The second kappa shape index (κ2) is 8.74. The van der Waals surface area contributed by atoms with Gasteiger partial charge in [0.05, 0.1) is 16.8 Å². The van der Waals surface area contributed by atoms with Crippen LogP contribution >= 0.6 is 23.8 Å². The maximum absolute atomic E-state index is 6.17. The summed E-state index contributed by atoms with van der Waals surface area (Å²) in [5, 5.41) is 7.71. The number of hydrogen-bond donors (Lipinski definition) is 2. The van der Waals surface area contributed by atoms with Gasteiger partial charge < -0.3 is 15.5 Å². The van der Waals surface area contributed by atoms with Gasteiger partial charge in [0.25, 0.3) is 0 Å². The molecule has 2 atom stereocenters. The summed E-state index contributed by atoms with van der Waals surface area (Å²) in [5.41, 5.74) is 3.33. The van der Waals surface area contributed by atoms with Crippen LogP contribution in [-0.4, -0.2) is 18.2 Å². The van der Waals surface area contributed by atoms with Crippen LogP contribution in [0.5, 0.6) is 0 Å². The van der Waals surface area contributed by atoms with E-state index >= 15 is 0 Å². The van der Waals surface area contributed by atoms with Crippen molar-refractivity contribution in [1.29, 1.82) is 0 Å². The van der Waals surface area contributed by atoms with Gasteiger partial charge >= 0.3 is 0 Å². The van der Waals surface area contributed by atoms with Gasteiger partial charge in [0.2, 0.25) is 0 Å². The number of benzene rings is 2. The Morgan fingerprint density at radius 1 is 1.19 bits per heavy atom. The largest absolute Gasteiger partial charge is 0.371 e. The average Bonchev–Trinajstić information content (AvgIpc) is 2.64. The molecule has 1 saturated heterocycles. The molecule has 1 aliphatic heterocycles. The Kier molecular flexibility index (Phi) is 6.38. The van der Waals surface area contributed by atoms with Gasteiger partial charge in [-0.15, -0.1) is 0 Å². The van der Waals surface area contributed by atoms with E-state index in [9.17, 15) is 0 Å². The first-order valence-corrected chi connectivity index (χ1v) is 9.98. The number of piperidine rings is 1. The predicted molar refractivity (Wildman–Crippen MR) is 116 cm³/mol. The van der Waals surface area contributed by atoms with Crippen molar-refractivity contribution in [2.75, 3.05) is 23.3 Å². The number of rotatable bonds is 4. The molecule has 0 bridgehead atoms. The van der Waals surface area contributed by atoms with Crippen LogP contribution in [-0.2, 0) is 0 Å². The van der Waals surface area contributed by atoms with Crippen molar-refractivity contribution in [2.45, 2.75) is 32.7 Å². The first kappa shape index (κ1) is 19.0. The van der Waals surface area contributed by atoms with Crippen molar-refractivity contribution in [3.05, 3.63) is 59.1 Å². The summed E-state index contributed by atoms with van der Waals surface area (Å²) in [7, 11) is 0. The second-order valence-electron chi connectivity index (χ2n) is 7.08. The van der Waals surface area contributed by atoms with Crippen molar-refractivity contribution in [2.24, 2.45) is 5.92 Å². The first-order chi connectivity index (χ1) is 12.5. The van der Waals surface area contributed by atoms with Crippen LogP contribution < -0.4 is 15.5 Å².